The van der Waals surface area contributed by atoms with Crippen LogP contribution >= 0.6 is 0 Å². The molecule has 5 nitrogen and oxygen atoms in total. The van der Waals surface area contributed by atoms with Gasteiger partial charge in [0.1, 0.15) is 0 Å². The van der Waals surface area contributed by atoms with E-state index >= 15 is 0 Å². The van der Waals surface area contributed by atoms with Gasteiger partial charge in [-0.05, 0) is 12.8 Å². The molecule has 1 saturated heterocycles. The molecule has 2 rings (SSSR count). The number of hydrogen-bond donors (Lipinski definition) is 3. The summed E-state index contributed by atoms with van der Waals surface area (Å²) < 4.78 is 5.48. The summed E-state index contributed by atoms with van der Waals surface area (Å²) in [6.45, 7) is 2.27. The molecule has 1 heterocycles. The maximum absolute atomic E-state index is 11.8. The van der Waals surface area contributed by atoms with Crippen molar-refractivity contribution in [3.8, 4) is 0 Å². The van der Waals surface area contributed by atoms with E-state index in [2.05, 4.69) is 10.6 Å². The van der Waals surface area contributed by atoms with Crippen LogP contribution in [0.4, 0.5) is 0 Å². The van der Waals surface area contributed by atoms with Gasteiger partial charge in [-0.25, -0.2) is 0 Å². The lowest BCUT2D eigenvalue weighted by Gasteiger charge is -2.29. The lowest BCUT2D eigenvalue weighted by atomic mass is 9.92. The minimum Gasteiger partial charge on any atom is -0.391 e. The second-order valence-electron chi connectivity index (χ2n) is 4.93. The van der Waals surface area contributed by atoms with Crippen molar-refractivity contribution in [3.05, 3.63) is 0 Å². The fraction of sp³-hybridized carbons (Fsp3) is 0.917. The highest BCUT2D eigenvalue weighted by Crippen LogP contribution is 2.18. The average Bonchev–Trinajstić information content (AvgIpc) is 2.33. The summed E-state index contributed by atoms with van der Waals surface area (Å²) in [5.41, 5.74) is 0. The van der Waals surface area contributed by atoms with Gasteiger partial charge in [0.2, 0.25) is 5.91 Å². The normalized spacial score (nSPS) is 34.3. The Kier molecular flexibility index (Phi) is 4.76. The van der Waals surface area contributed by atoms with Gasteiger partial charge in [0, 0.05) is 13.1 Å². The first-order valence-corrected chi connectivity index (χ1v) is 6.55. The molecule has 98 valence electrons. The van der Waals surface area contributed by atoms with E-state index in [-0.39, 0.29) is 24.2 Å². The number of aliphatic hydroxyl groups is 1. The van der Waals surface area contributed by atoms with Gasteiger partial charge < -0.3 is 20.5 Å². The lowest BCUT2D eigenvalue weighted by molar-refractivity contribution is -0.126. The summed E-state index contributed by atoms with van der Waals surface area (Å²) in [5.74, 6) is -0.00958. The Balaban J connectivity index is 1.72. The Morgan fingerprint density at radius 1 is 1.41 bits per heavy atom. The van der Waals surface area contributed by atoms with E-state index in [9.17, 15) is 9.90 Å². The average molecular weight is 242 g/mol. The van der Waals surface area contributed by atoms with E-state index in [0.717, 1.165) is 38.8 Å². The molecular formula is C12H22N2O3. The number of hydrogen-bond acceptors (Lipinski definition) is 4. The van der Waals surface area contributed by atoms with Crippen molar-refractivity contribution < 1.29 is 14.6 Å². The molecule has 1 saturated carbocycles. The Morgan fingerprint density at radius 3 is 2.94 bits per heavy atom. The summed E-state index contributed by atoms with van der Waals surface area (Å²) in [6.07, 6.45) is 3.81. The molecule has 2 fully saturated rings. The highest BCUT2D eigenvalue weighted by atomic mass is 16.5. The molecule has 0 spiro atoms. The zero-order chi connectivity index (χ0) is 12.1. The predicted molar refractivity (Wildman–Crippen MR) is 63.6 cm³/mol. The molecule has 17 heavy (non-hydrogen) atoms. The van der Waals surface area contributed by atoms with E-state index in [4.69, 9.17) is 4.74 Å². The first-order valence-electron chi connectivity index (χ1n) is 6.55. The first-order chi connectivity index (χ1) is 8.25. The van der Waals surface area contributed by atoms with Crippen LogP contribution < -0.4 is 10.6 Å². The van der Waals surface area contributed by atoms with Gasteiger partial charge in [0.05, 0.1) is 31.3 Å². The van der Waals surface area contributed by atoms with Crippen molar-refractivity contribution in [1.29, 1.82) is 0 Å². The summed E-state index contributed by atoms with van der Waals surface area (Å²) in [6, 6.07) is -0.0622. The van der Waals surface area contributed by atoms with Crippen molar-refractivity contribution in [2.24, 2.45) is 0 Å². The predicted octanol–water partition coefficient (Wildman–Crippen LogP) is -0.215. The number of rotatable bonds is 3. The summed E-state index contributed by atoms with van der Waals surface area (Å²) >= 11 is 0. The van der Waals surface area contributed by atoms with Crippen LogP contribution in [0.3, 0.4) is 0 Å². The highest BCUT2D eigenvalue weighted by Gasteiger charge is 2.25. The van der Waals surface area contributed by atoms with E-state index in [1.807, 2.05) is 0 Å². The van der Waals surface area contributed by atoms with Crippen molar-refractivity contribution >= 4 is 5.91 Å². The topological polar surface area (TPSA) is 70.6 Å². The van der Waals surface area contributed by atoms with Crippen LogP contribution in [0.25, 0.3) is 0 Å². The SMILES string of the molecule is O=C(CC1CNCCO1)NC1CCCCC1O. The van der Waals surface area contributed by atoms with E-state index < -0.39 is 0 Å². The molecule has 0 aromatic heterocycles. The van der Waals surface area contributed by atoms with Crippen molar-refractivity contribution in [2.75, 3.05) is 19.7 Å². The Morgan fingerprint density at radius 2 is 2.24 bits per heavy atom. The number of amides is 1. The molecule has 2 aliphatic rings. The molecule has 1 aliphatic carbocycles. The molecule has 3 atom stereocenters. The Hall–Kier alpha value is -0.650. The molecule has 0 aromatic rings. The maximum atomic E-state index is 11.8. The van der Waals surface area contributed by atoms with Crippen molar-refractivity contribution in [2.45, 2.75) is 50.4 Å². The van der Waals surface area contributed by atoms with Gasteiger partial charge in [-0.3, -0.25) is 4.79 Å². The van der Waals surface area contributed by atoms with Gasteiger partial charge in [-0.15, -0.1) is 0 Å². The Bertz CT molecular complexity index is 254. The molecule has 1 aliphatic heterocycles. The fourth-order valence-corrected chi connectivity index (χ4v) is 2.50. The van der Waals surface area contributed by atoms with Crippen LogP contribution in [-0.4, -0.2) is 49.0 Å². The Labute approximate surface area is 102 Å². The first kappa shape index (κ1) is 12.8. The van der Waals surface area contributed by atoms with Gasteiger partial charge in [-0.2, -0.15) is 0 Å². The minimum atomic E-state index is -0.377. The van der Waals surface area contributed by atoms with Crippen molar-refractivity contribution in [1.82, 2.24) is 10.6 Å². The van der Waals surface area contributed by atoms with Gasteiger partial charge in [0.15, 0.2) is 0 Å². The maximum Gasteiger partial charge on any atom is 0.222 e. The van der Waals surface area contributed by atoms with E-state index in [1.165, 1.54) is 0 Å². The number of ether oxygens (including phenoxy) is 1. The fourth-order valence-electron chi connectivity index (χ4n) is 2.50. The van der Waals surface area contributed by atoms with Crippen LogP contribution in [0.5, 0.6) is 0 Å². The molecular weight excluding hydrogens is 220 g/mol. The number of carbonyl (C=O) groups is 1. The van der Waals surface area contributed by atoms with Crippen LogP contribution in [-0.2, 0) is 9.53 Å². The quantitative estimate of drug-likeness (QED) is 0.640. The third kappa shape index (κ3) is 3.94. The van der Waals surface area contributed by atoms with Crippen LogP contribution in [0, 0.1) is 0 Å². The highest BCUT2D eigenvalue weighted by molar-refractivity contribution is 5.76. The summed E-state index contributed by atoms with van der Waals surface area (Å²) in [4.78, 5) is 11.8. The number of carbonyl (C=O) groups excluding carboxylic acids is 1. The van der Waals surface area contributed by atoms with Gasteiger partial charge in [0.25, 0.3) is 0 Å². The lowest BCUT2D eigenvalue weighted by Crippen LogP contribution is -2.47. The number of aliphatic hydroxyl groups excluding tert-OH is 1. The zero-order valence-corrected chi connectivity index (χ0v) is 10.2. The molecule has 0 bridgehead atoms. The molecule has 3 N–H and O–H groups in total. The smallest absolute Gasteiger partial charge is 0.222 e. The monoisotopic (exact) mass is 242 g/mol. The van der Waals surface area contributed by atoms with Crippen LogP contribution in [0.2, 0.25) is 0 Å². The standard InChI is InChI=1S/C12H22N2O3/c15-11-4-2-1-3-10(11)14-12(16)7-9-8-13-5-6-17-9/h9-11,13,15H,1-8H2,(H,14,16). The number of morpholine rings is 1. The van der Waals surface area contributed by atoms with Gasteiger partial charge >= 0.3 is 0 Å². The van der Waals surface area contributed by atoms with Crippen LogP contribution in [0.15, 0.2) is 0 Å². The van der Waals surface area contributed by atoms with Gasteiger partial charge in [-0.1, -0.05) is 12.8 Å². The summed E-state index contributed by atoms with van der Waals surface area (Å²) in [7, 11) is 0. The molecule has 5 heteroatoms. The second-order valence-corrected chi connectivity index (χ2v) is 4.93. The zero-order valence-electron chi connectivity index (χ0n) is 10.2. The second kappa shape index (κ2) is 6.33. The molecule has 1 amide bonds. The summed E-state index contributed by atoms with van der Waals surface area (Å²) in [5, 5.41) is 15.9. The van der Waals surface area contributed by atoms with Crippen molar-refractivity contribution in [3.63, 3.8) is 0 Å². The van der Waals surface area contributed by atoms with E-state index in [1.54, 1.807) is 0 Å². The largest absolute Gasteiger partial charge is 0.391 e. The van der Waals surface area contributed by atoms with Crippen LogP contribution in [0.1, 0.15) is 32.1 Å². The third-order valence-electron chi connectivity index (χ3n) is 3.49. The third-order valence-corrected chi connectivity index (χ3v) is 3.49. The minimum absolute atomic E-state index is 0.00958. The molecule has 0 aromatic carbocycles. The number of nitrogens with one attached hydrogen (secondary N) is 2. The molecule has 3 unspecified atom stereocenters. The van der Waals surface area contributed by atoms with E-state index in [0.29, 0.717) is 13.0 Å². The molecule has 0 radical (unpaired) electrons.